The Hall–Kier alpha value is -3.07. The number of fused-ring (bicyclic) bond motifs is 3. The molecule has 0 aromatic heterocycles. The van der Waals surface area contributed by atoms with E-state index < -0.39 is 0 Å². The van der Waals surface area contributed by atoms with Crippen LogP contribution in [0.5, 0.6) is 5.75 Å². The van der Waals surface area contributed by atoms with E-state index in [1.807, 2.05) is 53.4 Å². The lowest BCUT2D eigenvalue weighted by Gasteiger charge is -2.35. The van der Waals surface area contributed by atoms with Crippen LogP contribution >= 0.6 is 0 Å². The summed E-state index contributed by atoms with van der Waals surface area (Å²) in [5, 5.41) is 0. The third-order valence-electron chi connectivity index (χ3n) is 5.27. The zero-order valence-electron chi connectivity index (χ0n) is 14.3. The molecule has 2 aliphatic heterocycles. The van der Waals surface area contributed by atoms with Gasteiger partial charge in [0.2, 0.25) is 5.91 Å². The summed E-state index contributed by atoms with van der Waals surface area (Å²) in [6.07, 6.45) is 1.37. The van der Waals surface area contributed by atoms with E-state index >= 15 is 0 Å². The molecular formula is C23H19NO2. The summed E-state index contributed by atoms with van der Waals surface area (Å²) in [6.45, 7) is 0. The molecule has 3 aromatic carbocycles. The highest BCUT2D eigenvalue weighted by Crippen LogP contribution is 2.47. The van der Waals surface area contributed by atoms with Crippen molar-refractivity contribution in [1.82, 2.24) is 0 Å². The van der Waals surface area contributed by atoms with Gasteiger partial charge in [0.15, 0.2) is 0 Å². The summed E-state index contributed by atoms with van der Waals surface area (Å²) in [5.41, 5.74) is 4.37. The molecule has 3 nitrogen and oxygen atoms in total. The normalized spacial score (nSPS) is 17.7. The largest absolute Gasteiger partial charge is 0.479 e. The predicted octanol–water partition coefficient (Wildman–Crippen LogP) is 4.52. The Morgan fingerprint density at radius 2 is 1.46 bits per heavy atom. The first-order valence-corrected chi connectivity index (χ1v) is 9.02. The molecule has 3 heteroatoms. The first kappa shape index (κ1) is 15.2. The van der Waals surface area contributed by atoms with Gasteiger partial charge in [0.25, 0.3) is 0 Å². The SMILES string of the molecule is O=C1C[C@@H]2Cc3cccc(OC(c4ccccc4)c4ccccc4)c3N12. The molecule has 26 heavy (non-hydrogen) atoms. The molecule has 2 heterocycles. The standard InChI is InChI=1S/C23H19NO2/c25-21-15-19-14-18-12-7-13-20(22(18)24(19)21)26-23(16-8-3-1-4-9-16)17-10-5-2-6-11-17/h1-13,19,23H,14-15H2/t19-/m0/s1. The molecule has 0 spiro atoms. The van der Waals surface area contributed by atoms with Crippen molar-refractivity contribution in [3.05, 3.63) is 95.6 Å². The predicted molar refractivity (Wildman–Crippen MR) is 101 cm³/mol. The fourth-order valence-electron chi connectivity index (χ4n) is 4.02. The van der Waals surface area contributed by atoms with Crippen molar-refractivity contribution < 1.29 is 9.53 Å². The molecule has 0 aliphatic carbocycles. The lowest BCUT2D eigenvalue weighted by molar-refractivity contribution is -0.123. The van der Waals surface area contributed by atoms with E-state index in [-0.39, 0.29) is 12.0 Å². The highest BCUT2D eigenvalue weighted by Gasteiger charge is 2.45. The fourth-order valence-corrected chi connectivity index (χ4v) is 4.02. The minimum absolute atomic E-state index is 0.195. The smallest absolute Gasteiger partial charge is 0.229 e. The highest BCUT2D eigenvalue weighted by atomic mass is 16.5. The van der Waals surface area contributed by atoms with E-state index in [0.717, 1.165) is 29.0 Å². The molecule has 1 atom stereocenters. The van der Waals surface area contributed by atoms with Gasteiger partial charge in [-0.2, -0.15) is 0 Å². The van der Waals surface area contributed by atoms with Crippen LogP contribution in [0.15, 0.2) is 78.9 Å². The number of nitrogens with zero attached hydrogens (tertiary/aromatic N) is 1. The molecule has 1 fully saturated rings. The molecule has 0 radical (unpaired) electrons. The number of benzene rings is 3. The van der Waals surface area contributed by atoms with Crippen LogP contribution in [0, 0.1) is 0 Å². The van der Waals surface area contributed by atoms with Gasteiger partial charge in [0, 0.05) is 12.5 Å². The van der Waals surface area contributed by atoms with E-state index in [1.54, 1.807) is 0 Å². The third kappa shape index (κ3) is 2.39. The molecular weight excluding hydrogens is 322 g/mol. The number of carbonyl (C=O) groups excluding carboxylic acids is 1. The Labute approximate surface area is 152 Å². The van der Waals surface area contributed by atoms with Crippen LogP contribution in [0.4, 0.5) is 5.69 Å². The van der Waals surface area contributed by atoms with Crippen LogP contribution in [0.25, 0.3) is 0 Å². The van der Waals surface area contributed by atoms with E-state index in [4.69, 9.17) is 4.74 Å². The Morgan fingerprint density at radius 1 is 0.808 bits per heavy atom. The molecule has 0 saturated carbocycles. The van der Waals surface area contributed by atoms with Crippen molar-refractivity contribution in [2.45, 2.75) is 25.0 Å². The summed E-state index contributed by atoms with van der Waals surface area (Å²) in [7, 11) is 0. The number of para-hydroxylation sites is 1. The first-order valence-electron chi connectivity index (χ1n) is 9.02. The third-order valence-corrected chi connectivity index (χ3v) is 5.27. The molecule has 0 bridgehead atoms. The Morgan fingerprint density at radius 3 is 2.08 bits per heavy atom. The number of anilines is 1. The van der Waals surface area contributed by atoms with Gasteiger partial charge in [-0.3, -0.25) is 4.79 Å². The molecule has 2 aliphatic rings. The van der Waals surface area contributed by atoms with Crippen LogP contribution in [0.2, 0.25) is 0 Å². The van der Waals surface area contributed by atoms with Crippen molar-refractivity contribution in [2.75, 3.05) is 4.90 Å². The quantitative estimate of drug-likeness (QED) is 0.653. The van der Waals surface area contributed by atoms with Crippen molar-refractivity contribution in [2.24, 2.45) is 0 Å². The lowest BCUT2D eigenvalue weighted by atomic mass is 10.0. The number of rotatable bonds is 4. The second kappa shape index (κ2) is 6.03. The van der Waals surface area contributed by atoms with Gasteiger partial charge in [-0.1, -0.05) is 72.8 Å². The van der Waals surface area contributed by atoms with Crippen LogP contribution in [0.3, 0.4) is 0 Å². The van der Waals surface area contributed by atoms with E-state index in [2.05, 4.69) is 30.3 Å². The fraction of sp³-hybridized carbons (Fsp3) is 0.174. The average Bonchev–Trinajstić information content (AvgIpc) is 3.00. The maximum absolute atomic E-state index is 12.1. The van der Waals surface area contributed by atoms with Gasteiger partial charge in [-0.05, 0) is 29.2 Å². The van der Waals surface area contributed by atoms with Crippen LogP contribution < -0.4 is 9.64 Å². The van der Waals surface area contributed by atoms with E-state index in [0.29, 0.717) is 12.5 Å². The Balaban J connectivity index is 1.57. The molecule has 3 aromatic rings. The molecule has 0 N–H and O–H groups in total. The second-order valence-corrected chi connectivity index (χ2v) is 6.91. The summed E-state index contributed by atoms with van der Waals surface area (Å²) in [4.78, 5) is 14.0. The van der Waals surface area contributed by atoms with Gasteiger partial charge in [0.05, 0.1) is 5.69 Å². The van der Waals surface area contributed by atoms with Crippen molar-refractivity contribution in [1.29, 1.82) is 0 Å². The summed E-state index contributed by atoms with van der Waals surface area (Å²) >= 11 is 0. The molecule has 128 valence electrons. The number of ether oxygens (including phenoxy) is 1. The molecule has 1 saturated heterocycles. The maximum atomic E-state index is 12.1. The minimum atomic E-state index is -0.209. The number of amides is 1. The van der Waals surface area contributed by atoms with Gasteiger partial charge < -0.3 is 9.64 Å². The van der Waals surface area contributed by atoms with Gasteiger partial charge >= 0.3 is 0 Å². The van der Waals surface area contributed by atoms with Crippen molar-refractivity contribution in [3.8, 4) is 5.75 Å². The van der Waals surface area contributed by atoms with Crippen LogP contribution in [0.1, 0.15) is 29.2 Å². The molecule has 0 unspecified atom stereocenters. The Bertz CT molecular complexity index is 913. The summed E-state index contributed by atoms with van der Waals surface area (Å²) in [6, 6.07) is 26.9. The van der Waals surface area contributed by atoms with Gasteiger partial charge in [0.1, 0.15) is 11.9 Å². The van der Waals surface area contributed by atoms with Gasteiger partial charge in [-0.15, -0.1) is 0 Å². The zero-order chi connectivity index (χ0) is 17.5. The molecule has 5 rings (SSSR count). The van der Waals surface area contributed by atoms with Crippen molar-refractivity contribution in [3.63, 3.8) is 0 Å². The monoisotopic (exact) mass is 341 g/mol. The maximum Gasteiger partial charge on any atom is 0.229 e. The number of hydrogen-bond donors (Lipinski definition) is 0. The topological polar surface area (TPSA) is 29.5 Å². The first-order chi connectivity index (χ1) is 12.8. The van der Waals surface area contributed by atoms with Crippen molar-refractivity contribution >= 4 is 11.6 Å². The number of carbonyl (C=O) groups is 1. The highest BCUT2D eigenvalue weighted by molar-refractivity contribution is 6.04. The summed E-state index contributed by atoms with van der Waals surface area (Å²) in [5.74, 6) is 0.983. The average molecular weight is 341 g/mol. The number of β-lactam (4-membered cyclic amide) rings is 1. The number of hydrogen-bond acceptors (Lipinski definition) is 2. The summed E-state index contributed by atoms with van der Waals surface area (Å²) < 4.78 is 6.54. The van der Waals surface area contributed by atoms with Gasteiger partial charge in [-0.25, -0.2) is 0 Å². The van der Waals surface area contributed by atoms with Crippen LogP contribution in [-0.2, 0) is 11.2 Å². The Kier molecular flexibility index (Phi) is 3.52. The molecule has 1 amide bonds. The van der Waals surface area contributed by atoms with E-state index in [1.165, 1.54) is 5.56 Å². The lowest BCUT2D eigenvalue weighted by Crippen LogP contribution is -2.50. The second-order valence-electron chi connectivity index (χ2n) is 6.91. The van der Waals surface area contributed by atoms with E-state index in [9.17, 15) is 4.79 Å². The minimum Gasteiger partial charge on any atom is -0.479 e. The zero-order valence-corrected chi connectivity index (χ0v) is 14.3. The van der Waals surface area contributed by atoms with Crippen LogP contribution in [-0.4, -0.2) is 11.9 Å².